The maximum Gasteiger partial charge on any atom is 0.416 e. The van der Waals surface area contributed by atoms with Gasteiger partial charge in [0, 0.05) is 29.6 Å². The number of H-pyrrole nitrogens is 1. The normalized spacial score (nSPS) is 18.1. The van der Waals surface area contributed by atoms with Crippen LogP contribution < -0.4 is 4.74 Å². The average molecular weight is 511 g/mol. The molecule has 3 aromatic heterocycles. The Morgan fingerprint density at radius 2 is 1.76 bits per heavy atom. The third-order valence-corrected chi connectivity index (χ3v) is 6.46. The van der Waals surface area contributed by atoms with Crippen LogP contribution in [0.1, 0.15) is 38.2 Å². The number of nitrogens with one attached hydrogen (secondary N) is 1. The van der Waals surface area contributed by atoms with E-state index >= 15 is 0 Å². The number of esters is 1. The summed E-state index contributed by atoms with van der Waals surface area (Å²) in [5.74, 6) is 0.771. The lowest BCUT2D eigenvalue weighted by atomic mass is 9.87. The molecule has 0 atom stereocenters. The molecule has 192 valence electrons. The van der Waals surface area contributed by atoms with Crippen molar-refractivity contribution < 1.29 is 27.4 Å². The molecule has 0 amide bonds. The Bertz CT molecular complexity index is 1380. The van der Waals surface area contributed by atoms with Crippen LogP contribution >= 0.6 is 0 Å². The van der Waals surface area contributed by atoms with E-state index in [0.29, 0.717) is 40.6 Å². The Morgan fingerprint density at radius 1 is 1.00 bits per heavy atom. The number of hydrogen-bond acceptors (Lipinski definition) is 6. The fourth-order valence-corrected chi connectivity index (χ4v) is 4.48. The zero-order chi connectivity index (χ0) is 26.0. The van der Waals surface area contributed by atoms with E-state index in [1.54, 1.807) is 30.6 Å². The van der Waals surface area contributed by atoms with Crippen molar-refractivity contribution in [2.24, 2.45) is 5.92 Å². The van der Waals surface area contributed by atoms with Gasteiger partial charge in [0.2, 0.25) is 5.88 Å². The largest absolute Gasteiger partial charge is 0.474 e. The Kier molecular flexibility index (Phi) is 6.82. The monoisotopic (exact) mass is 510 g/mol. The van der Waals surface area contributed by atoms with Crippen LogP contribution in [0.5, 0.6) is 5.88 Å². The Balaban J connectivity index is 1.22. The Hall–Kier alpha value is -3.95. The predicted molar refractivity (Wildman–Crippen MR) is 131 cm³/mol. The van der Waals surface area contributed by atoms with Crippen LogP contribution in [0.4, 0.5) is 13.2 Å². The molecule has 10 heteroatoms. The van der Waals surface area contributed by atoms with Crippen LogP contribution in [0.3, 0.4) is 0 Å². The number of rotatable bonds is 6. The van der Waals surface area contributed by atoms with Gasteiger partial charge in [-0.1, -0.05) is 0 Å². The van der Waals surface area contributed by atoms with Crippen molar-refractivity contribution in [3.05, 3.63) is 60.4 Å². The first-order chi connectivity index (χ1) is 17.8. The number of pyridine rings is 2. The van der Waals surface area contributed by atoms with E-state index in [1.807, 2.05) is 13.0 Å². The van der Waals surface area contributed by atoms with Gasteiger partial charge in [-0.2, -0.15) is 13.2 Å². The zero-order valence-corrected chi connectivity index (χ0v) is 20.1. The van der Waals surface area contributed by atoms with E-state index in [1.165, 1.54) is 6.07 Å². The van der Waals surface area contributed by atoms with E-state index in [2.05, 4.69) is 19.9 Å². The fourth-order valence-electron chi connectivity index (χ4n) is 4.48. The standard InChI is InChI=1S/C27H25F3N4O3/c1-2-36-26(35)16-3-8-20(9-4-16)37-24-12-6-17(14-32-24)21-10-5-18(15-31-21)25-33-22-11-7-19(27(28,29)30)13-23(22)34-25/h5-7,10-16,20H,2-4,8-9H2,1H3,(H,33,34). The van der Waals surface area contributed by atoms with E-state index < -0.39 is 11.7 Å². The first-order valence-corrected chi connectivity index (χ1v) is 12.1. The molecule has 0 spiro atoms. The van der Waals surface area contributed by atoms with Gasteiger partial charge in [0.15, 0.2) is 0 Å². The number of ether oxygens (including phenoxy) is 2. The molecule has 4 aromatic rings. The van der Waals surface area contributed by atoms with E-state index in [4.69, 9.17) is 9.47 Å². The number of halogens is 3. The number of nitrogens with zero attached hydrogens (tertiary/aromatic N) is 3. The minimum absolute atomic E-state index is 0.0115. The third kappa shape index (κ3) is 5.58. The molecule has 0 unspecified atom stereocenters. The number of benzene rings is 1. The summed E-state index contributed by atoms with van der Waals surface area (Å²) < 4.78 is 50.1. The van der Waals surface area contributed by atoms with Crippen LogP contribution in [0, 0.1) is 5.92 Å². The third-order valence-electron chi connectivity index (χ3n) is 6.46. The van der Waals surface area contributed by atoms with Crippen molar-refractivity contribution >= 4 is 17.0 Å². The first kappa shape index (κ1) is 24.7. The van der Waals surface area contributed by atoms with Crippen molar-refractivity contribution in [1.29, 1.82) is 0 Å². The maximum atomic E-state index is 13.0. The quantitative estimate of drug-likeness (QED) is 0.310. The number of imidazole rings is 1. The average Bonchev–Trinajstić information content (AvgIpc) is 3.33. The SMILES string of the molecule is CCOC(=O)C1CCC(Oc2ccc(-c3ccc(-c4nc5ccc(C(F)(F)F)cc5[nH]4)cn3)cn2)CC1. The first-order valence-electron chi connectivity index (χ1n) is 12.1. The summed E-state index contributed by atoms with van der Waals surface area (Å²) in [6, 6.07) is 10.7. The molecular weight excluding hydrogens is 485 g/mol. The number of aromatic nitrogens is 4. The van der Waals surface area contributed by atoms with Crippen molar-refractivity contribution in [3.8, 4) is 28.5 Å². The molecule has 37 heavy (non-hydrogen) atoms. The predicted octanol–water partition coefficient (Wildman–Crippen LogP) is 6.21. The van der Waals surface area contributed by atoms with Crippen LogP contribution in [-0.4, -0.2) is 38.6 Å². The molecule has 1 aliphatic rings. The van der Waals surface area contributed by atoms with Crippen molar-refractivity contribution in [2.45, 2.75) is 44.9 Å². The molecule has 0 bridgehead atoms. The van der Waals surface area contributed by atoms with Gasteiger partial charge in [-0.05, 0) is 69.0 Å². The van der Waals surface area contributed by atoms with Gasteiger partial charge in [0.25, 0.3) is 0 Å². The second-order valence-corrected chi connectivity index (χ2v) is 8.98. The van der Waals surface area contributed by atoms with Crippen LogP contribution in [0.25, 0.3) is 33.7 Å². The minimum atomic E-state index is -4.42. The zero-order valence-electron chi connectivity index (χ0n) is 20.1. The summed E-state index contributed by atoms with van der Waals surface area (Å²) in [6.45, 7) is 2.21. The van der Waals surface area contributed by atoms with Crippen LogP contribution in [0.2, 0.25) is 0 Å². The smallest absolute Gasteiger partial charge is 0.416 e. The molecule has 0 radical (unpaired) electrons. The highest BCUT2D eigenvalue weighted by Crippen LogP contribution is 2.32. The van der Waals surface area contributed by atoms with Crippen LogP contribution in [0.15, 0.2) is 54.9 Å². The summed E-state index contributed by atoms with van der Waals surface area (Å²) in [4.78, 5) is 28.1. The summed E-state index contributed by atoms with van der Waals surface area (Å²) in [5, 5.41) is 0. The lowest BCUT2D eigenvalue weighted by Gasteiger charge is -2.27. The van der Waals surface area contributed by atoms with Gasteiger partial charge >= 0.3 is 12.1 Å². The second-order valence-electron chi connectivity index (χ2n) is 8.98. The molecule has 3 heterocycles. The highest BCUT2D eigenvalue weighted by atomic mass is 19.4. The molecule has 0 saturated heterocycles. The number of carbonyl (C=O) groups is 1. The molecule has 1 N–H and O–H groups in total. The highest BCUT2D eigenvalue weighted by molar-refractivity contribution is 5.80. The van der Waals surface area contributed by atoms with Crippen molar-refractivity contribution in [2.75, 3.05) is 6.61 Å². The van der Waals surface area contributed by atoms with Gasteiger partial charge < -0.3 is 14.5 Å². The van der Waals surface area contributed by atoms with Crippen LogP contribution in [-0.2, 0) is 15.7 Å². The van der Waals surface area contributed by atoms with E-state index in [0.717, 1.165) is 43.4 Å². The number of hydrogen-bond donors (Lipinski definition) is 1. The molecule has 1 aliphatic carbocycles. The van der Waals surface area contributed by atoms with Crippen molar-refractivity contribution in [3.63, 3.8) is 0 Å². The van der Waals surface area contributed by atoms with Gasteiger partial charge in [-0.3, -0.25) is 9.78 Å². The van der Waals surface area contributed by atoms with Gasteiger partial charge in [-0.25, -0.2) is 9.97 Å². The summed E-state index contributed by atoms with van der Waals surface area (Å²) in [6.07, 6.45) is 1.92. The maximum absolute atomic E-state index is 13.0. The lowest BCUT2D eigenvalue weighted by molar-refractivity contribution is -0.149. The lowest BCUT2D eigenvalue weighted by Crippen LogP contribution is -2.29. The highest BCUT2D eigenvalue weighted by Gasteiger charge is 2.31. The van der Waals surface area contributed by atoms with E-state index in [9.17, 15) is 18.0 Å². The fraction of sp³-hybridized carbons (Fsp3) is 0.333. The Morgan fingerprint density at radius 3 is 2.41 bits per heavy atom. The molecule has 5 rings (SSSR count). The number of fused-ring (bicyclic) bond motifs is 1. The topological polar surface area (TPSA) is 90.0 Å². The van der Waals surface area contributed by atoms with Gasteiger partial charge in [0.1, 0.15) is 11.9 Å². The second kappa shape index (κ2) is 10.2. The van der Waals surface area contributed by atoms with E-state index in [-0.39, 0.29) is 18.0 Å². The molecule has 0 aliphatic heterocycles. The minimum Gasteiger partial charge on any atom is -0.474 e. The van der Waals surface area contributed by atoms with Crippen molar-refractivity contribution in [1.82, 2.24) is 19.9 Å². The number of alkyl halides is 3. The summed E-state index contributed by atoms with van der Waals surface area (Å²) >= 11 is 0. The molecule has 1 saturated carbocycles. The Labute approximate surface area is 211 Å². The summed E-state index contributed by atoms with van der Waals surface area (Å²) in [7, 11) is 0. The molecule has 1 aromatic carbocycles. The number of carbonyl (C=O) groups excluding carboxylic acids is 1. The summed E-state index contributed by atoms with van der Waals surface area (Å²) in [5.41, 5.74) is 2.16. The van der Waals surface area contributed by atoms with Gasteiger partial charge in [0.05, 0.1) is 34.8 Å². The van der Waals surface area contributed by atoms with Gasteiger partial charge in [-0.15, -0.1) is 0 Å². The number of aromatic amines is 1. The molecule has 1 fully saturated rings. The molecule has 7 nitrogen and oxygen atoms in total. The molecular formula is C27H25F3N4O3.